The second kappa shape index (κ2) is 4.97. The molecule has 0 saturated heterocycles. The smallest absolute Gasteiger partial charge is 0.125 e. The highest BCUT2D eigenvalue weighted by atomic mass is 35.5. The van der Waals surface area contributed by atoms with Gasteiger partial charge in [-0.3, -0.25) is 9.97 Å². The van der Waals surface area contributed by atoms with E-state index in [1.54, 1.807) is 18.6 Å². The predicted molar refractivity (Wildman–Crippen MR) is 75.2 cm³/mol. The number of nitrogens with zero attached hydrogens (tertiary/aromatic N) is 4. The maximum Gasteiger partial charge on any atom is 0.125 e. The molecule has 0 N–H and O–H groups in total. The van der Waals surface area contributed by atoms with Gasteiger partial charge in [-0.05, 0) is 30.2 Å². The summed E-state index contributed by atoms with van der Waals surface area (Å²) < 4.78 is 2.12. The molecular weight excluding hydrogens is 260 g/mol. The Balaban J connectivity index is 2.12. The zero-order valence-electron chi connectivity index (χ0n) is 10.5. The number of hydrogen-bond donors (Lipinski definition) is 0. The van der Waals surface area contributed by atoms with E-state index in [0.29, 0.717) is 5.88 Å². The van der Waals surface area contributed by atoms with E-state index in [4.69, 9.17) is 11.6 Å². The number of pyridine rings is 2. The fraction of sp³-hybridized carbons (Fsp3) is 0.214. The third-order valence-corrected chi connectivity index (χ3v) is 3.46. The van der Waals surface area contributed by atoms with Crippen LogP contribution in [-0.4, -0.2) is 19.5 Å². The summed E-state index contributed by atoms with van der Waals surface area (Å²) in [6.07, 6.45) is 7.23. The van der Waals surface area contributed by atoms with Crippen molar-refractivity contribution in [3.63, 3.8) is 0 Å². The number of alkyl halides is 1. The van der Waals surface area contributed by atoms with Crippen molar-refractivity contribution < 1.29 is 0 Å². The predicted octanol–water partition coefficient (Wildman–Crippen LogP) is 2.92. The van der Waals surface area contributed by atoms with E-state index in [2.05, 4.69) is 26.4 Å². The molecule has 0 atom stereocenters. The van der Waals surface area contributed by atoms with Crippen LogP contribution in [0.5, 0.6) is 0 Å². The Bertz CT molecular complexity index is 720. The lowest BCUT2D eigenvalue weighted by atomic mass is 10.1. The molecule has 3 aromatic heterocycles. The Morgan fingerprint density at radius 2 is 1.95 bits per heavy atom. The number of fused-ring (bicyclic) bond motifs is 1. The van der Waals surface area contributed by atoms with Crippen LogP contribution in [0.2, 0.25) is 0 Å². The van der Waals surface area contributed by atoms with Crippen molar-refractivity contribution in [2.75, 3.05) is 0 Å². The highest BCUT2D eigenvalue weighted by Gasteiger charge is 2.11. The van der Waals surface area contributed by atoms with E-state index in [9.17, 15) is 0 Å². The summed E-state index contributed by atoms with van der Waals surface area (Å²) in [5.74, 6) is 1.24. The Morgan fingerprint density at radius 1 is 1.16 bits per heavy atom. The quantitative estimate of drug-likeness (QED) is 0.689. The molecule has 3 rings (SSSR count). The summed E-state index contributed by atoms with van der Waals surface area (Å²) in [5.41, 5.74) is 4.31. The van der Waals surface area contributed by atoms with Gasteiger partial charge in [0, 0.05) is 18.6 Å². The van der Waals surface area contributed by atoms with Crippen LogP contribution >= 0.6 is 11.6 Å². The molecule has 3 aromatic rings. The van der Waals surface area contributed by atoms with E-state index >= 15 is 0 Å². The third-order valence-electron chi connectivity index (χ3n) is 3.23. The van der Waals surface area contributed by atoms with Crippen molar-refractivity contribution in [3.05, 3.63) is 53.9 Å². The van der Waals surface area contributed by atoms with E-state index in [1.807, 2.05) is 18.3 Å². The van der Waals surface area contributed by atoms with Crippen LogP contribution in [0.25, 0.3) is 11.0 Å². The summed E-state index contributed by atoms with van der Waals surface area (Å²) in [6, 6.07) is 3.97. The van der Waals surface area contributed by atoms with E-state index in [0.717, 1.165) is 23.4 Å². The van der Waals surface area contributed by atoms with Gasteiger partial charge in [-0.1, -0.05) is 0 Å². The fourth-order valence-corrected chi connectivity index (χ4v) is 2.35. The molecule has 0 radical (unpaired) electrons. The fourth-order valence-electron chi connectivity index (χ4n) is 2.14. The van der Waals surface area contributed by atoms with Gasteiger partial charge in [0.2, 0.25) is 0 Å². The number of hydrogen-bond acceptors (Lipinski definition) is 3. The standard InChI is InChI=1S/C14H13ClN4/c1-10-2-4-16-7-11(10)9-19-13-3-5-17-8-12(13)18-14(19)6-15/h2-5,7-8H,6,9H2,1H3. The zero-order chi connectivity index (χ0) is 13.2. The highest BCUT2D eigenvalue weighted by molar-refractivity contribution is 6.16. The first kappa shape index (κ1) is 12.1. The molecule has 0 spiro atoms. The van der Waals surface area contributed by atoms with Crippen molar-refractivity contribution in [1.82, 2.24) is 19.5 Å². The molecule has 0 bridgehead atoms. The lowest BCUT2D eigenvalue weighted by molar-refractivity contribution is 0.770. The largest absolute Gasteiger partial charge is 0.322 e. The molecule has 0 fully saturated rings. The molecule has 4 nitrogen and oxygen atoms in total. The van der Waals surface area contributed by atoms with Crippen molar-refractivity contribution >= 4 is 22.6 Å². The number of aryl methyl sites for hydroxylation is 1. The van der Waals surface area contributed by atoms with Crippen molar-refractivity contribution in [1.29, 1.82) is 0 Å². The van der Waals surface area contributed by atoms with Crippen molar-refractivity contribution in [2.24, 2.45) is 0 Å². The zero-order valence-corrected chi connectivity index (χ0v) is 11.3. The van der Waals surface area contributed by atoms with Gasteiger partial charge < -0.3 is 4.57 Å². The lowest BCUT2D eigenvalue weighted by Gasteiger charge is -2.09. The minimum atomic E-state index is 0.383. The second-order valence-electron chi connectivity index (χ2n) is 4.41. The number of rotatable bonds is 3. The van der Waals surface area contributed by atoms with Gasteiger partial charge in [0.15, 0.2) is 0 Å². The van der Waals surface area contributed by atoms with E-state index < -0.39 is 0 Å². The summed E-state index contributed by atoms with van der Waals surface area (Å²) in [5, 5.41) is 0. The van der Waals surface area contributed by atoms with Crippen LogP contribution in [0.1, 0.15) is 17.0 Å². The topological polar surface area (TPSA) is 43.6 Å². The third kappa shape index (κ3) is 2.19. The van der Waals surface area contributed by atoms with Crippen LogP contribution in [-0.2, 0) is 12.4 Å². The average Bonchev–Trinajstić information content (AvgIpc) is 2.79. The number of imidazole rings is 1. The molecule has 0 aliphatic carbocycles. The normalized spacial score (nSPS) is 11.1. The first-order chi connectivity index (χ1) is 9.29. The lowest BCUT2D eigenvalue weighted by Crippen LogP contribution is -2.05. The molecule has 0 aliphatic rings. The Morgan fingerprint density at radius 3 is 2.74 bits per heavy atom. The summed E-state index contributed by atoms with van der Waals surface area (Å²) in [7, 11) is 0. The van der Waals surface area contributed by atoms with Gasteiger partial charge >= 0.3 is 0 Å². The molecule has 5 heteroatoms. The highest BCUT2D eigenvalue weighted by Crippen LogP contribution is 2.19. The molecule has 0 unspecified atom stereocenters. The van der Waals surface area contributed by atoms with Gasteiger partial charge in [0.1, 0.15) is 11.3 Å². The van der Waals surface area contributed by atoms with E-state index in [1.165, 1.54) is 11.1 Å². The SMILES string of the molecule is Cc1ccncc1Cn1c(CCl)nc2cnccc21. The van der Waals surface area contributed by atoms with Gasteiger partial charge in [0.05, 0.1) is 24.1 Å². The number of halogens is 1. The molecule has 0 aliphatic heterocycles. The van der Waals surface area contributed by atoms with Gasteiger partial charge in [0.25, 0.3) is 0 Å². The average molecular weight is 273 g/mol. The Labute approximate surface area is 116 Å². The summed E-state index contributed by atoms with van der Waals surface area (Å²) in [6.45, 7) is 2.81. The van der Waals surface area contributed by atoms with Crippen LogP contribution in [0.4, 0.5) is 0 Å². The maximum absolute atomic E-state index is 5.99. The Hall–Kier alpha value is -1.94. The molecule has 0 amide bonds. The van der Waals surface area contributed by atoms with Crippen LogP contribution in [0.15, 0.2) is 36.9 Å². The first-order valence-electron chi connectivity index (χ1n) is 6.04. The van der Waals surface area contributed by atoms with Gasteiger partial charge in [-0.2, -0.15) is 0 Å². The summed E-state index contributed by atoms with van der Waals surface area (Å²) >= 11 is 5.99. The van der Waals surface area contributed by atoms with Crippen LogP contribution < -0.4 is 0 Å². The molecule has 0 saturated carbocycles. The second-order valence-corrected chi connectivity index (χ2v) is 4.68. The van der Waals surface area contributed by atoms with Gasteiger partial charge in [-0.15, -0.1) is 11.6 Å². The minimum absolute atomic E-state index is 0.383. The monoisotopic (exact) mass is 272 g/mol. The minimum Gasteiger partial charge on any atom is -0.322 e. The van der Waals surface area contributed by atoms with Gasteiger partial charge in [-0.25, -0.2) is 4.98 Å². The Kier molecular flexibility index (Phi) is 3.17. The molecular formula is C14H13ClN4. The molecule has 0 aromatic carbocycles. The van der Waals surface area contributed by atoms with E-state index in [-0.39, 0.29) is 0 Å². The molecule has 3 heterocycles. The van der Waals surface area contributed by atoms with Crippen molar-refractivity contribution in [3.8, 4) is 0 Å². The maximum atomic E-state index is 5.99. The van der Waals surface area contributed by atoms with Crippen LogP contribution in [0.3, 0.4) is 0 Å². The van der Waals surface area contributed by atoms with Crippen molar-refractivity contribution in [2.45, 2.75) is 19.3 Å². The first-order valence-corrected chi connectivity index (χ1v) is 6.57. The summed E-state index contributed by atoms with van der Waals surface area (Å²) in [4.78, 5) is 12.8. The molecule has 19 heavy (non-hydrogen) atoms. The molecule has 96 valence electrons. The van der Waals surface area contributed by atoms with Crippen LogP contribution in [0, 0.1) is 6.92 Å². The number of aromatic nitrogens is 4.